The number of fused-ring (bicyclic) bond motifs is 1. The third-order valence-electron chi connectivity index (χ3n) is 1.96. The second kappa shape index (κ2) is 4.77. The Labute approximate surface area is 92.9 Å². The van der Waals surface area contributed by atoms with Crippen molar-refractivity contribution in [3.8, 4) is 5.06 Å². The summed E-state index contributed by atoms with van der Waals surface area (Å²) in [6, 6.07) is 1.95. The van der Waals surface area contributed by atoms with Crippen LogP contribution in [0.2, 0.25) is 0 Å². The molecule has 0 saturated carbocycles. The number of rotatable bonds is 1. The predicted molar refractivity (Wildman–Crippen MR) is 58.3 cm³/mol. The molecule has 2 rings (SSSR count). The van der Waals surface area contributed by atoms with Crippen molar-refractivity contribution in [1.82, 2.24) is 5.32 Å². The number of thiophene rings is 1. The van der Waals surface area contributed by atoms with Crippen LogP contribution in [-0.2, 0) is 17.8 Å². The molecule has 14 heavy (non-hydrogen) atoms. The first-order chi connectivity index (χ1) is 6.25. The van der Waals surface area contributed by atoms with Crippen molar-refractivity contribution in [3.63, 3.8) is 0 Å². The molecule has 0 spiro atoms. The van der Waals surface area contributed by atoms with Gasteiger partial charge in [0.1, 0.15) is 0 Å². The van der Waals surface area contributed by atoms with E-state index in [-0.39, 0.29) is 18.4 Å². The zero-order valence-electron chi connectivity index (χ0n) is 7.83. The summed E-state index contributed by atoms with van der Waals surface area (Å²) in [5.41, 5.74) is 1.27. The molecule has 2 heterocycles. The molecule has 1 N–H and O–H groups in total. The van der Waals surface area contributed by atoms with Crippen LogP contribution in [0.5, 0.6) is 5.06 Å². The minimum atomic E-state index is -0.244. The molecule has 0 saturated heterocycles. The Balaban J connectivity index is 0.000000980. The summed E-state index contributed by atoms with van der Waals surface area (Å²) >= 11 is 1.58. The fourth-order valence-corrected chi connectivity index (χ4v) is 2.49. The summed E-state index contributed by atoms with van der Waals surface area (Å²) in [5.74, 6) is -0.244. The molecule has 1 aliphatic heterocycles. The van der Waals surface area contributed by atoms with Gasteiger partial charge in [-0.2, -0.15) is 0 Å². The van der Waals surface area contributed by atoms with Gasteiger partial charge >= 0.3 is 5.97 Å². The highest BCUT2D eigenvalue weighted by Gasteiger charge is 2.14. The fourth-order valence-electron chi connectivity index (χ4n) is 1.42. The van der Waals surface area contributed by atoms with Crippen LogP contribution in [0.1, 0.15) is 17.4 Å². The highest BCUT2D eigenvalue weighted by atomic mass is 35.5. The van der Waals surface area contributed by atoms with Crippen molar-refractivity contribution in [1.29, 1.82) is 0 Å². The fraction of sp³-hybridized carbons (Fsp3) is 0.444. The number of hydrogen-bond donors (Lipinski definition) is 1. The van der Waals surface area contributed by atoms with Crippen molar-refractivity contribution >= 4 is 29.7 Å². The second-order valence-corrected chi connectivity index (χ2v) is 4.13. The van der Waals surface area contributed by atoms with Gasteiger partial charge in [-0.25, -0.2) is 0 Å². The first kappa shape index (κ1) is 11.5. The Kier molecular flexibility index (Phi) is 3.92. The maximum atomic E-state index is 10.7. The average Bonchev–Trinajstić information content (AvgIpc) is 2.44. The monoisotopic (exact) mass is 233 g/mol. The maximum absolute atomic E-state index is 10.7. The van der Waals surface area contributed by atoms with E-state index in [4.69, 9.17) is 4.74 Å². The molecule has 0 aliphatic carbocycles. The standard InChI is InChI=1S/C9H11NO2S.ClH/c1-6(11)12-9-4-7-5-10-3-2-8(7)13-9;/h4,10H,2-3,5H2,1H3;1H. The number of carbonyl (C=O) groups excluding carboxylic acids is 1. The van der Waals surface area contributed by atoms with Crippen molar-refractivity contribution in [2.45, 2.75) is 19.9 Å². The molecular weight excluding hydrogens is 222 g/mol. The number of halogens is 1. The van der Waals surface area contributed by atoms with E-state index < -0.39 is 0 Å². The predicted octanol–water partition coefficient (Wildman–Crippen LogP) is 1.74. The second-order valence-electron chi connectivity index (χ2n) is 3.03. The lowest BCUT2D eigenvalue weighted by atomic mass is 10.1. The normalized spacial score (nSPS) is 14.1. The van der Waals surface area contributed by atoms with Crippen molar-refractivity contribution < 1.29 is 9.53 Å². The summed E-state index contributed by atoms with van der Waals surface area (Å²) in [6.45, 7) is 3.34. The van der Waals surface area contributed by atoms with Crippen LogP contribution in [0.4, 0.5) is 0 Å². The molecule has 3 nitrogen and oxygen atoms in total. The minimum Gasteiger partial charge on any atom is -0.416 e. The summed E-state index contributed by atoms with van der Waals surface area (Å²) in [5, 5.41) is 4.00. The topological polar surface area (TPSA) is 38.3 Å². The zero-order chi connectivity index (χ0) is 9.26. The summed E-state index contributed by atoms with van der Waals surface area (Å²) in [4.78, 5) is 12.0. The lowest BCUT2D eigenvalue weighted by Crippen LogP contribution is -2.21. The molecule has 1 aromatic rings. The quantitative estimate of drug-likeness (QED) is 0.751. The number of nitrogens with one attached hydrogen (secondary N) is 1. The molecule has 0 atom stereocenters. The molecule has 0 amide bonds. The third kappa shape index (κ3) is 2.47. The third-order valence-corrected chi connectivity index (χ3v) is 3.08. The summed E-state index contributed by atoms with van der Waals surface area (Å²) in [6.07, 6.45) is 1.04. The van der Waals surface area contributed by atoms with Crippen LogP contribution in [0, 0.1) is 0 Å². The van der Waals surface area contributed by atoms with E-state index in [0.29, 0.717) is 0 Å². The molecule has 1 aliphatic rings. The van der Waals surface area contributed by atoms with Gasteiger partial charge in [-0.15, -0.1) is 23.7 Å². The van der Waals surface area contributed by atoms with E-state index in [1.54, 1.807) is 11.3 Å². The van der Waals surface area contributed by atoms with Crippen molar-refractivity contribution in [2.75, 3.05) is 6.54 Å². The Morgan fingerprint density at radius 1 is 1.64 bits per heavy atom. The molecule has 78 valence electrons. The highest BCUT2D eigenvalue weighted by Crippen LogP contribution is 2.31. The molecule has 1 aromatic heterocycles. The van der Waals surface area contributed by atoms with Gasteiger partial charge in [0.2, 0.25) is 0 Å². The van der Waals surface area contributed by atoms with Crippen LogP contribution < -0.4 is 10.1 Å². The number of esters is 1. The Morgan fingerprint density at radius 2 is 2.43 bits per heavy atom. The van der Waals surface area contributed by atoms with Crippen molar-refractivity contribution in [3.05, 3.63) is 16.5 Å². The van der Waals surface area contributed by atoms with E-state index in [1.807, 2.05) is 6.07 Å². The van der Waals surface area contributed by atoms with Crippen LogP contribution >= 0.6 is 23.7 Å². The molecule has 0 unspecified atom stereocenters. The van der Waals surface area contributed by atoms with Gasteiger partial charge in [0.15, 0.2) is 5.06 Å². The molecule has 0 fully saturated rings. The van der Waals surface area contributed by atoms with Gasteiger partial charge in [0.05, 0.1) is 0 Å². The van der Waals surface area contributed by atoms with Gasteiger partial charge in [0.25, 0.3) is 0 Å². The Hall–Kier alpha value is -0.580. The largest absolute Gasteiger partial charge is 0.416 e. The Bertz CT molecular complexity index is 314. The molecule has 0 bridgehead atoms. The highest BCUT2D eigenvalue weighted by molar-refractivity contribution is 7.14. The maximum Gasteiger partial charge on any atom is 0.308 e. The lowest BCUT2D eigenvalue weighted by molar-refractivity contribution is -0.131. The van der Waals surface area contributed by atoms with Gasteiger partial charge in [-0.3, -0.25) is 4.79 Å². The molecule has 0 aromatic carbocycles. The average molecular weight is 234 g/mol. The van der Waals surface area contributed by atoms with Crippen LogP contribution in [0.15, 0.2) is 6.07 Å². The van der Waals surface area contributed by atoms with E-state index in [2.05, 4.69) is 5.32 Å². The van der Waals surface area contributed by atoms with Crippen molar-refractivity contribution in [2.24, 2.45) is 0 Å². The van der Waals surface area contributed by atoms with Crippen LogP contribution in [0.3, 0.4) is 0 Å². The summed E-state index contributed by atoms with van der Waals surface area (Å²) < 4.78 is 5.02. The molecule has 0 radical (unpaired) electrons. The molecule has 5 heteroatoms. The first-order valence-electron chi connectivity index (χ1n) is 4.26. The van der Waals surface area contributed by atoms with Gasteiger partial charge in [-0.1, -0.05) is 0 Å². The zero-order valence-corrected chi connectivity index (χ0v) is 9.46. The molecular formula is C9H12ClNO2S. The number of hydrogen-bond acceptors (Lipinski definition) is 4. The van der Waals surface area contributed by atoms with E-state index in [9.17, 15) is 4.79 Å². The van der Waals surface area contributed by atoms with E-state index >= 15 is 0 Å². The summed E-state index contributed by atoms with van der Waals surface area (Å²) in [7, 11) is 0. The lowest BCUT2D eigenvalue weighted by Gasteiger charge is -2.10. The van der Waals surface area contributed by atoms with Gasteiger partial charge in [0, 0.05) is 24.9 Å². The van der Waals surface area contributed by atoms with Gasteiger partial charge < -0.3 is 10.1 Å². The first-order valence-corrected chi connectivity index (χ1v) is 5.08. The van der Waals surface area contributed by atoms with E-state index in [0.717, 1.165) is 24.6 Å². The van der Waals surface area contributed by atoms with E-state index in [1.165, 1.54) is 17.4 Å². The van der Waals surface area contributed by atoms with Gasteiger partial charge in [-0.05, 0) is 18.1 Å². The van der Waals surface area contributed by atoms with Crippen LogP contribution in [-0.4, -0.2) is 12.5 Å². The minimum absolute atomic E-state index is 0. The van der Waals surface area contributed by atoms with Crippen LogP contribution in [0.25, 0.3) is 0 Å². The Morgan fingerprint density at radius 3 is 3.07 bits per heavy atom. The number of carbonyl (C=O) groups is 1. The smallest absolute Gasteiger partial charge is 0.308 e. The number of ether oxygens (including phenoxy) is 1. The SMILES string of the molecule is CC(=O)Oc1cc2c(s1)CCNC2.Cl.